The number of likely N-dealkylation sites (N-methyl/N-ethyl adjacent to an activating group) is 1. The zero-order chi connectivity index (χ0) is 24.4. The second kappa shape index (κ2) is 10.2. The average Bonchev–Trinajstić information content (AvgIpc) is 2.94. The van der Waals surface area contributed by atoms with Gasteiger partial charge in [-0.1, -0.05) is 32.4 Å². The van der Waals surface area contributed by atoms with Crippen LogP contribution in [0.15, 0.2) is 24.3 Å². The van der Waals surface area contributed by atoms with Crippen LogP contribution in [-0.2, 0) is 4.79 Å². The quantitative estimate of drug-likeness (QED) is 0.686. The Hall–Kier alpha value is -2.77. The van der Waals surface area contributed by atoms with Gasteiger partial charge in [-0.2, -0.15) is 0 Å². The molecular weight excluding hydrogens is 426 g/mol. The second-order valence-corrected chi connectivity index (χ2v) is 9.54. The van der Waals surface area contributed by atoms with E-state index in [0.29, 0.717) is 35.3 Å². The van der Waals surface area contributed by atoms with Crippen LogP contribution < -0.4 is 10.2 Å². The number of hydrogen-bond donors (Lipinski definition) is 1. The van der Waals surface area contributed by atoms with Gasteiger partial charge in [0, 0.05) is 18.3 Å². The van der Waals surface area contributed by atoms with Gasteiger partial charge in [-0.3, -0.25) is 19.4 Å². The molecule has 0 aliphatic carbocycles. The number of likely N-dealkylation sites (tertiary alicyclic amines) is 1. The van der Waals surface area contributed by atoms with E-state index >= 15 is 0 Å². The summed E-state index contributed by atoms with van der Waals surface area (Å²) in [4.78, 5) is 38.5. The molecule has 34 heavy (non-hydrogen) atoms. The van der Waals surface area contributed by atoms with Gasteiger partial charge in [-0.15, -0.1) is 0 Å². The molecule has 0 bridgehead atoms. The van der Waals surface area contributed by atoms with Crippen molar-refractivity contribution >= 4 is 29.0 Å². The third kappa shape index (κ3) is 4.72. The zero-order valence-corrected chi connectivity index (χ0v) is 21.1. The number of nitrogens with zero attached hydrogens (tertiary/aromatic N) is 4. The molecule has 2 amide bonds. The standard InChI is InChI=1S/C27H37N5O2/c1-6-30(7-2)16-21-12-8-9-14-31(21)17-23(33)32-25-18(3)11-10-13-22(25)27(34)29-24-19(4)15-20(5)28-26(24)32/h10-11,13,15,21H,6-9,12,14,16-17H2,1-5H3,(H,29,34). The number of carbonyl (C=O) groups excluding carboxylic acids is 2. The average molecular weight is 464 g/mol. The fraction of sp³-hybridized carbons (Fsp3) is 0.519. The number of amides is 2. The summed E-state index contributed by atoms with van der Waals surface area (Å²) in [6.45, 7) is 14.4. The van der Waals surface area contributed by atoms with Crippen molar-refractivity contribution in [3.8, 4) is 0 Å². The first-order valence-electron chi connectivity index (χ1n) is 12.5. The van der Waals surface area contributed by atoms with Crippen LogP contribution in [0.1, 0.15) is 60.3 Å². The molecule has 0 saturated carbocycles. The summed E-state index contributed by atoms with van der Waals surface area (Å²) in [5, 5.41) is 3.02. The predicted octanol–water partition coefficient (Wildman–Crippen LogP) is 4.43. The van der Waals surface area contributed by atoms with Crippen molar-refractivity contribution in [3.63, 3.8) is 0 Å². The summed E-state index contributed by atoms with van der Waals surface area (Å²) < 4.78 is 0. The third-order valence-corrected chi connectivity index (χ3v) is 7.18. The van der Waals surface area contributed by atoms with Crippen LogP contribution in [-0.4, -0.2) is 65.4 Å². The number of fused-ring (bicyclic) bond motifs is 2. The molecule has 0 spiro atoms. The maximum Gasteiger partial charge on any atom is 0.257 e. The van der Waals surface area contributed by atoms with Crippen molar-refractivity contribution in [1.82, 2.24) is 14.8 Å². The van der Waals surface area contributed by atoms with Crippen LogP contribution in [0.25, 0.3) is 0 Å². The van der Waals surface area contributed by atoms with Gasteiger partial charge in [0.15, 0.2) is 5.82 Å². The van der Waals surface area contributed by atoms with Crippen molar-refractivity contribution in [1.29, 1.82) is 0 Å². The fourth-order valence-electron chi connectivity index (χ4n) is 5.30. The number of carbonyl (C=O) groups is 2. The lowest BCUT2D eigenvalue weighted by Gasteiger charge is -2.39. The Balaban J connectivity index is 1.75. The van der Waals surface area contributed by atoms with Gasteiger partial charge < -0.3 is 10.2 Å². The predicted molar refractivity (Wildman–Crippen MR) is 137 cm³/mol. The molecule has 182 valence electrons. The number of aromatic nitrogens is 1. The molecule has 2 aliphatic heterocycles. The van der Waals surface area contributed by atoms with Crippen LogP contribution in [0, 0.1) is 20.8 Å². The number of hydrogen-bond acceptors (Lipinski definition) is 5. The van der Waals surface area contributed by atoms with Gasteiger partial charge in [0.25, 0.3) is 5.91 Å². The molecule has 1 atom stereocenters. The number of aryl methyl sites for hydroxylation is 3. The molecule has 2 aliphatic rings. The van der Waals surface area contributed by atoms with Crippen LogP contribution in [0.5, 0.6) is 0 Å². The van der Waals surface area contributed by atoms with Gasteiger partial charge in [0.2, 0.25) is 5.91 Å². The summed E-state index contributed by atoms with van der Waals surface area (Å²) >= 11 is 0. The zero-order valence-electron chi connectivity index (χ0n) is 21.1. The third-order valence-electron chi connectivity index (χ3n) is 7.18. The van der Waals surface area contributed by atoms with Crippen molar-refractivity contribution in [2.45, 2.75) is 59.9 Å². The molecule has 1 N–H and O–H groups in total. The normalized spacial score (nSPS) is 18.4. The van der Waals surface area contributed by atoms with Gasteiger partial charge in [0.1, 0.15) is 0 Å². The first kappa shape index (κ1) is 24.4. The minimum atomic E-state index is -0.207. The van der Waals surface area contributed by atoms with Crippen LogP contribution in [0.3, 0.4) is 0 Å². The number of piperidine rings is 1. The number of nitrogens with one attached hydrogen (secondary N) is 1. The minimum absolute atomic E-state index is 0.0442. The lowest BCUT2D eigenvalue weighted by atomic mass is 10.0. The van der Waals surface area contributed by atoms with E-state index in [4.69, 9.17) is 4.98 Å². The van der Waals surface area contributed by atoms with Crippen LogP contribution in [0.4, 0.5) is 17.2 Å². The van der Waals surface area contributed by atoms with Gasteiger partial charge >= 0.3 is 0 Å². The Morgan fingerprint density at radius 2 is 1.91 bits per heavy atom. The molecule has 1 fully saturated rings. The first-order valence-corrected chi connectivity index (χ1v) is 12.5. The van der Waals surface area contributed by atoms with E-state index in [1.54, 1.807) is 11.0 Å². The highest BCUT2D eigenvalue weighted by atomic mass is 16.2. The Labute approximate surface area is 203 Å². The van der Waals surface area contributed by atoms with E-state index in [-0.39, 0.29) is 11.8 Å². The summed E-state index contributed by atoms with van der Waals surface area (Å²) in [5.41, 5.74) is 4.35. The van der Waals surface area contributed by atoms with Gasteiger partial charge in [-0.25, -0.2) is 4.98 Å². The SMILES string of the molecule is CCN(CC)CC1CCCCN1CC(=O)N1c2nc(C)cc(C)c2NC(=O)c2cccc(C)c21. The fourth-order valence-corrected chi connectivity index (χ4v) is 5.30. The lowest BCUT2D eigenvalue weighted by molar-refractivity contribution is -0.120. The first-order chi connectivity index (χ1) is 16.3. The van der Waals surface area contributed by atoms with Crippen molar-refractivity contribution in [3.05, 3.63) is 46.6 Å². The molecule has 0 radical (unpaired) electrons. The molecule has 7 heteroatoms. The summed E-state index contributed by atoms with van der Waals surface area (Å²) in [7, 11) is 0. The van der Waals surface area contributed by atoms with E-state index in [1.165, 1.54) is 6.42 Å². The highest BCUT2D eigenvalue weighted by Gasteiger charge is 2.35. The summed E-state index contributed by atoms with van der Waals surface area (Å²) in [6.07, 6.45) is 3.40. The van der Waals surface area contributed by atoms with Crippen molar-refractivity contribution in [2.24, 2.45) is 0 Å². The molecule has 7 nitrogen and oxygen atoms in total. The highest BCUT2D eigenvalue weighted by molar-refractivity contribution is 6.18. The number of benzene rings is 1. The minimum Gasteiger partial charge on any atom is -0.319 e. The van der Waals surface area contributed by atoms with E-state index in [2.05, 4.69) is 29.0 Å². The van der Waals surface area contributed by atoms with E-state index in [9.17, 15) is 9.59 Å². The number of pyridine rings is 1. The Bertz CT molecular complexity index is 1080. The molecule has 1 unspecified atom stereocenters. The van der Waals surface area contributed by atoms with E-state index in [0.717, 1.165) is 55.8 Å². The molecule has 1 aromatic heterocycles. The van der Waals surface area contributed by atoms with E-state index < -0.39 is 0 Å². The van der Waals surface area contributed by atoms with Crippen LogP contribution >= 0.6 is 0 Å². The molecule has 1 aromatic carbocycles. The highest BCUT2D eigenvalue weighted by Crippen LogP contribution is 2.40. The maximum absolute atomic E-state index is 14.1. The Morgan fingerprint density at radius 1 is 1.15 bits per heavy atom. The molecular formula is C27H37N5O2. The molecule has 3 heterocycles. The Morgan fingerprint density at radius 3 is 2.65 bits per heavy atom. The Kier molecular flexibility index (Phi) is 7.33. The van der Waals surface area contributed by atoms with Gasteiger partial charge in [0.05, 0.1) is 23.5 Å². The second-order valence-electron chi connectivity index (χ2n) is 9.54. The largest absolute Gasteiger partial charge is 0.319 e. The lowest BCUT2D eigenvalue weighted by Crippen LogP contribution is -2.50. The van der Waals surface area contributed by atoms with Gasteiger partial charge in [-0.05, 0) is 76.5 Å². The number of anilines is 3. The number of rotatable bonds is 6. The molecule has 2 aromatic rings. The van der Waals surface area contributed by atoms with Crippen molar-refractivity contribution < 1.29 is 9.59 Å². The smallest absolute Gasteiger partial charge is 0.257 e. The van der Waals surface area contributed by atoms with Crippen LogP contribution in [0.2, 0.25) is 0 Å². The van der Waals surface area contributed by atoms with E-state index in [1.807, 2.05) is 39.0 Å². The maximum atomic E-state index is 14.1. The monoisotopic (exact) mass is 463 g/mol. The number of para-hydroxylation sites is 1. The van der Waals surface area contributed by atoms with Crippen molar-refractivity contribution in [2.75, 3.05) is 42.9 Å². The molecule has 4 rings (SSSR count). The molecule has 1 saturated heterocycles. The summed E-state index contributed by atoms with van der Waals surface area (Å²) in [6, 6.07) is 7.89. The topological polar surface area (TPSA) is 68.8 Å². The summed E-state index contributed by atoms with van der Waals surface area (Å²) in [5.74, 6) is 0.264.